The number of hydrogen-bond donors (Lipinski definition) is 1. The molecule has 0 aromatic heterocycles. The van der Waals surface area contributed by atoms with Crippen LogP contribution < -0.4 is 5.32 Å². The monoisotopic (exact) mass is 401 g/mol. The second-order valence-electron chi connectivity index (χ2n) is 5.35. The van der Waals surface area contributed by atoms with Gasteiger partial charge in [0.2, 0.25) is 0 Å². The van der Waals surface area contributed by atoms with Gasteiger partial charge in [0, 0.05) is 3.57 Å². The third-order valence-electron chi connectivity index (χ3n) is 3.72. The van der Waals surface area contributed by atoms with Gasteiger partial charge in [0.05, 0.1) is 12.2 Å². The van der Waals surface area contributed by atoms with Crippen molar-refractivity contribution in [3.8, 4) is 0 Å². The standard InChI is InChI=1S/C16H20INO3/c17-14-9-5-4-8-13(14)16(20)18-10-15(19)21-11-12-6-2-1-3-7-12/h4-5,8-9,12H,1-3,6-7,10-11H2,(H,18,20). The molecule has 0 aliphatic heterocycles. The second kappa shape index (κ2) is 8.36. The lowest BCUT2D eigenvalue weighted by atomic mass is 9.90. The fourth-order valence-corrected chi connectivity index (χ4v) is 3.14. The van der Waals surface area contributed by atoms with Crippen molar-refractivity contribution in [1.82, 2.24) is 5.32 Å². The van der Waals surface area contributed by atoms with E-state index in [2.05, 4.69) is 27.9 Å². The lowest BCUT2D eigenvalue weighted by molar-refractivity contribution is -0.144. The van der Waals surface area contributed by atoms with E-state index in [1.165, 1.54) is 19.3 Å². The highest BCUT2D eigenvalue weighted by molar-refractivity contribution is 14.1. The van der Waals surface area contributed by atoms with Gasteiger partial charge >= 0.3 is 5.97 Å². The van der Waals surface area contributed by atoms with Crippen LogP contribution in [0.5, 0.6) is 0 Å². The first-order chi connectivity index (χ1) is 10.2. The van der Waals surface area contributed by atoms with Crippen molar-refractivity contribution in [2.45, 2.75) is 32.1 Å². The van der Waals surface area contributed by atoms with Crippen LogP contribution in [0.1, 0.15) is 42.5 Å². The minimum Gasteiger partial charge on any atom is -0.464 e. The maximum Gasteiger partial charge on any atom is 0.325 e. The zero-order valence-electron chi connectivity index (χ0n) is 11.9. The van der Waals surface area contributed by atoms with Gasteiger partial charge in [-0.1, -0.05) is 31.4 Å². The number of nitrogens with one attached hydrogen (secondary N) is 1. The maximum absolute atomic E-state index is 12.0. The Morgan fingerprint density at radius 3 is 2.62 bits per heavy atom. The zero-order valence-corrected chi connectivity index (χ0v) is 14.1. The molecule has 0 atom stereocenters. The highest BCUT2D eigenvalue weighted by Crippen LogP contribution is 2.23. The van der Waals surface area contributed by atoms with Crippen LogP contribution in [-0.2, 0) is 9.53 Å². The topological polar surface area (TPSA) is 55.4 Å². The summed E-state index contributed by atoms with van der Waals surface area (Å²) in [5.74, 6) is -0.108. The van der Waals surface area contributed by atoms with Gasteiger partial charge < -0.3 is 10.1 Å². The highest BCUT2D eigenvalue weighted by Gasteiger charge is 2.16. The van der Waals surface area contributed by atoms with Gasteiger partial charge in [-0.3, -0.25) is 9.59 Å². The van der Waals surface area contributed by atoms with E-state index in [1.807, 2.05) is 12.1 Å². The van der Waals surface area contributed by atoms with Gasteiger partial charge in [0.1, 0.15) is 6.54 Å². The van der Waals surface area contributed by atoms with Crippen molar-refractivity contribution in [1.29, 1.82) is 0 Å². The summed E-state index contributed by atoms with van der Waals surface area (Å²) in [6, 6.07) is 7.27. The Morgan fingerprint density at radius 2 is 1.90 bits per heavy atom. The Bertz CT molecular complexity index is 498. The fraction of sp³-hybridized carbons (Fsp3) is 0.500. The summed E-state index contributed by atoms with van der Waals surface area (Å²) in [4.78, 5) is 23.6. The van der Waals surface area contributed by atoms with Crippen LogP contribution in [0.25, 0.3) is 0 Å². The Hall–Kier alpha value is -1.11. The van der Waals surface area contributed by atoms with Crippen molar-refractivity contribution in [2.24, 2.45) is 5.92 Å². The maximum atomic E-state index is 12.0. The third kappa shape index (κ3) is 5.30. The summed E-state index contributed by atoms with van der Waals surface area (Å²) in [6.45, 7) is 0.411. The molecule has 1 amide bonds. The molecule has 0 bridgehead atoms. The molecule has 1 N–H and O–H groups in total. The predicted molar refractivity (Wildman–Crippen MR) is 89.0 cm³/mol. The van der Waals surface area contributed by atoms with E-state index in [4.69, 9.17) is 4.74 Å². The van der Waals surface area contributed by atoms with E-state index < -0.39 is 0 Å². The van der Waals surface area contributed by atoms with E-state index in [1.54, 1.807) is 12.1 Å². The fourth-order valence-electron chi connectivity index (χ4n) is 2.51. The van der Waals surface area contributed by atoms with E-state index in [0.717, 1.165) is 16.4 Å². The molecule has 4 nitrogen and oxygen atoms in total. The summed E-state index contributed by atoms with van der Waals surface area (Å²) in [5.41, 5.74) is 0.582. The molecule has 0 unspecified atom stereocenters. The first kappa shape index (κ1) is 16.3. The van der Waals surface area contributed by atoms with Crippen LogP contribution in [-0.4, -0.2) is 25.0 Å². The first-order valence-corrected chi connectivity index (χ1v) is 8.43. The molecule has 114 valence electrons. The molecule has 5 heteroatoms. The summed E-state index contributed by atoms with van der Waals surface area (Å²) in [5, 5.41) is 2.61. The van der Waals surface area contributed by atoms with Gasteiger partial charge in [0.15, 0.2) is 0 Å². The Labute approximate surface area is 138 Å². The molecule has 2 rings (SSSR count). The number of carbonyl (C=O) groups excluding carboxylic acids is 2. The van der Waals surface area contributed by atoms with Crippen molar-refractivity contribution in [3.05, 3.63) is 33.4 Å². The molecule has 1 saturated carbocycles. The molecule has 1 aromatic rings. The van der Waals surface area contributed by atoms with Crippen molar-refractivity contribution in [2.75, 3.05) is 13.2 Å². The molecule has 1 aromatic carbocycles. The predicted octanol–water partition coefficient (Wildman–Crippen LogP) is 3.14. The van der Waals surface area contributed by atoms with E-state index in [0.29, 0.717) is 18.1 Å². The summed E-state index contributed by atoms with van der Waals surface area (Å²) >= 11 is 2.10. The average molecular weight is 401 g/mol. The van der Waals surface area contributed by atoms with Crippen LogP contribution in [0.3, 0.4) is 0 Å². The second-order valence-corrected chi connectivity index (χ2v) is 6.51. The summed E-state index contributed by atoms with van der Waals surface area (Å²) in [6.07, 6.45) is 6.02. The quantitative estimate of drug-likeness (QED) is 0.609. The molecule has 0 spiro atoms. The minimum absolute atomic E-state index is 0.0729. The number of carbonyl (C=O) groups is 2. The molecule has 1 fully saturated rings. The van der Waals surface area contributed by atoms with E-state index in [-0.39, 0.29) is 18.4 Å². The van der Waals surface area contributed by atoms with Gasteiger partial charge in [0.25, 0.3) is 5.91 Å². The Balaban J connectivity index is 1.71. The van der Waals surface area contributed by atoms with Crippen LogP contribution in [0.2, 0.25) is 0 Å². The summed E-state index contributed by atoms with van der Waals surface area (Å²) in [7, 11) is 0. The van der Waals surface area contributed by atoms with Crippen molar-refractivity contribution < 1.29 is 14.3 Å². The van der Waals surface area contributed by atoms with Crippen molar-refractivity contribution >= 4 is 34.5 Å². The average Bonchev–Trinajstić information content (AvgIpc) is 2.52. The number of halogens is 1. The normalized spacial score (nSPS) is 15.5. The van der Waals surface area contributed by atoms with Crippen LogP contribution >= 0.6 is 22.6 Å². The largest absolute Gasteiger partial charge is 0.464 e. The van der Waals surface area contributed by atoms with Gasteiger partial charge in [-0.05, 0) is 53.5 Å². The lowest BCUT2D eigenvalue weighted by Gasteiger charge is -2.21. The molecular formula is C16H20INO3. The SMILES string of the molecule is O=C(CNC(=O)c1ccccc1I)OCC1CCCCC1. The smallest absolute Gasteiger partial charge is 0.325 e. The van der Waals surface area contributed by atoms with Crippen molar-refractivity contribution in [3.63, 3.8) is 0 Å². The Morgan fingerprint density at radius 1 is 1.19 bits per heavy atom. The highest BCUT2D eigenvalue weighted by atomic mass is 127. The molecule has 0 radical (unpaired) electrons. The van der Waals surface area contributed by atoms with Gasteiger partial charge in [-0.15, -0.1) is 0 Å². The van der Waals surface area contributed by atoms with E-state index >= 15 is 0 Å². The molecule has 0 saturated heterocycles. The number of rotatable bonds is 5. The number of ether oxygens (including phenoxy) is 1. The molecular weight excluding hydrogens is 381 g/mol. The number of amides is 1. The van der Waals surface area contributed by atoms with Gasteiger partial charge in [-0.2, -0.15) is 0 Å². The van der Waals surface area contributed by atoms with Crippen LogP contribution in [0.4, 0.5) is 0 Å². The number of hydrogen-bond acceptors (Lipinski definition) is 3. The number of benzene rings is 1. The van der Waals surface area contributed by atoms with Gasteiger partial charge in [-0.25, -0.2) is 0 Å². The third-order valence-corrected chi connectivity index (χ3v) is 4.66. The summed E-state index contributed by atoms with van der Waals surface area (Å²) < 4.78 is 6.11. The molecule has 0 heterocycles. The first-order valence-electron chi connectivity index (χ1n) is 7.35. The molecule has 1 aliphatic carbocycles. The lowest BCUT2D eigenvalue weighted by Crippen LogP contribution is -2.32. The molecule has 21 heavy (non-hydrogen) atoms. The molecule has 1 aliphatic rings. The minimum atomic E-state index is -0.361. The van der Waals surface area contributed by atoms with E-state index in [9.17, 15) is 9.59 Å². The van der Waals surface area contributed by atoms with Crippen LogP contribution in [0.15, 0.2) is 24.3 Å². The van der Waals surface area contributed by atoms with Crippen LogP contribution in [0, 0.1) is 9.49 Å². The Kier molecular flexibility index (Phi) is 6.48. The number of esters is 1. The zero-order chi connectivity index (χ0) is 15.1.